The van der Waals surface area contributed by atoms with Crippen LogP contribution in [0.2, 0.25) is 0 Å². The molecule has 0 bridgehead atoms. The Morgan fingerprint density at radius 2 is 2.23 bits per heavy atom. The molecule has 13 heavy (non-hydrogen) atoms. The summed E-state index contributed by atoms with van der Waals surface area (Å²) < 4.78 is 0. The van der Waals surface area contributed by atoms with Crippen molar-refractivity contribution in [3.8, 4) is 0 Å². The van der Waals surface area contributed by atoms with Gasteiger partial charge < -0.3 is 10.2 Å². The van der Waals surface area contributed by atoms with Gasteiger partial charge in [0, 0.05) is 26.1 Å². The van der Waals surface area contributed by atoms with Gasteiger partial charge in [0.25, 0.3) is 0 Å². The molecule has 1 heterocycles. The first-order chi connectivity index (χ1) is 6.20. The lowest BCUT2D eigenvalue weighted by Crippen LogP contribution is -2.40. The number of amides is 1. The van der Waals surface area contributed by atoms with Crippen LogP contribution in [0.5, 0.6) is 0 Å². The predicted molar refractivity (Wildman–Crippen MR) is 53.5 cm³/mol. The van der Waals surface area contributed by atoms with Crippen molar-refractivity contribution in [2.45, 2.75) is 26.7 Å². The molecule has 1 saturated heterocycles. The summed E-state index contributed by atoms with van der Waals surface area (Å²) >= 11 is 0. The summed E-state index contributed by atoms with van der Waals surface area (Å²) in [5.74, 6) is 0.886. The van der Waals surface area contributed by atoms with E-state index in [2.05, 4.69) is 19.2 Å². The Labute approximate surface area is 80.5 Å². The molecule has 3 nitrogen and oxygen atoms in total. The van der Waals surface area contributed by atoms with Gasteiger partial charge in [0.2, 0.25) is 5.91 Å². The summed E-state index contributed by atoms with van der Waals surface area (Å²) in [5, 5.41) is 3.24. The number of rotatable bonds is 2. The summed E-state index contributed by atoms with van der Waals surface area (Å²) in [5.41, 5.74) is 0. The summed E-state index contributed by atoms with van der Waals surface area (Å²) in [4.78, 5) is 13.6. The lowest BCUT2D eigenvalue weighted by molar-refractivity contribution is -0.132. The van der Waals surface area contributed by atoms with E-state index in [1.807, 2.05) is 4.90 Å². The van der Waals surface area contributed by atoms with Gasteiger partial charge >= 0.3 is 0 Å². The molecule has 0 saturated carbocycles. The minimum absolute atomic E-state index is 0.306. The third-order valence-electron chi connectivity index (χ3n) is 2.24. The molecule has 76 valence electrons. The first kappa shape index (κ1) is 10.5. The van der Waals surface area contributed by atoms with Crippen molar-refractivity contribution in [2.75, 3.05) is 26.2 Å². The van der Waals surface area contributed by atoms with Crippen LogP contribution in [0.15, 0.2) is 0 Å². The summed E-state index contributed by atoms with van der Waals surface area (Å²) in [7, 11) is 0. The summed E-state index contributed by atoms with van der Waals surface area (Å²) in [6, 6.07) is 0. The highest BCUT2D eigenvalue weighted by molar-refractivity contribution is 5.76. The van der Waals surface area contributed by atoms with Crippen molar-refractivity contribution in [3.63, 3.8) is 0 Å². The van der Waals surface area contributed by atoms with Gasteiger partial charge in [-0.05, 0) is 18.9 Å². The maximum atomic E-state index is 11.6. The normalized spacial score (nSPS) is 20.2. The van der Waals surface area contributed by atoms with Crippen molar-refractivity contribution < 1.29 is 4.79 Å². The molecule has 0 aromatic heterocycles. The number of carbonyl (C=O) groups excluding carboxylic acids is 1. The topological polar surface area (TPSA) is 32.3 Å². The molecule has 0 aromatic rings. The molecule has 0 radical (unpaired) electrons. The van der Waals surface area contributed by atoms with Gasteiger partial charge in [-0.15, -0.1) is 0 Å². The average molecular weight is 184 g/mol. The lowest BCUT2D eigenvalue weighted by atomic mass is 10.2. The molecule has 0 spiro atoms. The first-order valence-electron chi connectivity index (χ1n) is 5.18. The molecule has 0 unspecified atom stereocenters. The number of hydrogen-bond acceptors (Lipinski definition) is 2. The zero-order valence-corrected chi connectivity index (χ0v) is 8.68. The molecule has 1 fully saturated rings. The molecular formula is C10H20N2O. The lowest BCUT2D eigenvalue weighted by Gasteiger charge is -2.26. The first-order valence-corrected chi connectivity index (χ1v) is 5.18. The third-order valence-corrected chi connectivity index (χ3v) is 2.24. The molecule has 0 aliphatic carbocycles. The Bertz CT molecular complexity index is 168. The largest absolute Gasteiger partial charge is 0.342 e. The molecule has 1 aliphatic rings. The highest BCUT2D eigenvalue weighted by atomic mass is 16.2. The van der Waals surface area contributed by atoms with Gasteiger partial charge in [-0.3, -0.25) is 4.79 Å². The van der Waals surface area contributed by atoms with Crippen LogP contribution in [0.4, 0.5) is 0 Å². The monoisotopic (exact) mass is 184 g/mol. The van der Waals surface area contributed by atoms with Crippen molar-refractivity contribution >= 4 is 5.91 Å². The van der Waals surface area contributed by atoms with Crippen LogP contribution in [-0.2, 0) is 4.79 Å². The van der Waals surface area contributed by atoms with Crippen LogP contribution in [0.1, 0.15) is 26.7 Å². The highest BCUT2D eigenvalue weighted by Gasteiger charge is 2.15. The maximum Gasteiger partial charge on any atom is 0.223 e. The third kappa shape index (κ3) is 3.77. The zero-order chi connectivity index (χ0) is 9.68. The number of nitrogens with one attached hydrogen (secondary N) is 1. The second kappa shape index (κ2) is 5.22. The molecule has 0 atom stereocenters. The van der Waals surface area contributed by atoms with Gasteiger partial charge in [0.05, 0.1) is 0 Å². The molecule has 1 N–H and O–H groups in total. The Hall–Kier alpha value is -0.570. The standard InChI is InChI=1S/C10H20N2O/c1-9(2)8-12-7-3-5-11-6-4-10(12)13/h9,11H,3-8H2,1-2H3. The van der Waals surface area contributed by atoms with Crippen LogP contribution in [0, 0.1) is 5.92 Å². The quantitative estimate of drug-likeness (QED) is 0.690. The Balaban J connectivity index is 2.41. The van der Waals surface area contributed by atoms with E-state index in [1.54, 1.807) is 0 Å². The summed E-state index contributed by atoms with van der Waals surface area (Å²) in [6.45, 7) is 8.03. The fourth-order valence-electron chi connectivity index (χ4n) is 1.63. The van der Waals surface area contributed by atoms with Gasteiger partial charge in [-0.25, -0.2) is 0 Å². The van der Waals surface area contributed by atoms with Crippen LogP contribution >= 0.6 is 0 Å². The van der Waals surface area contributed by atoms with Crippen molar-refractivity contribution in [3.05, 3.63) is 0 Å². The van der Waals surface area contributed by atoms with Gasteiger partial charge in [-0.2, -0.15) is 0 Å². The SMILES string of the molecule is CC(C)CN1CCCNCCC1=O. The fourth-order valence-corrected chi connectivity index (χ4v) is 1.63. The van der Waals surface area contributed by atoms with E-state index in [0.717, 1.165) is 32.6 Å². The van der Waals surface area contributed by atoms with Gasteiger partial charge in [-0.1, -0.05) is 13.8 Å². The Morgan fingerprint density at radius 1 is 1.46 bits per heavy atom. The van der Waals surface area contributed by atoms with Crippen molar-refractivity contribution in [1.82, 2.24) is 10.2 Å². The van der Waals surface area contributed by atoms with Crippen LogP contribution in [0.3, 0.4) is 0 Å². The number of hydrogen-bond donors (Lipinski definition) is 1. The van der Waals surface area contributed by atoms with Gasteiger partial charge in [0.15, 0.2) is 0 Å². The van der Waals surface area contributed by atoms with Crippen LogP contribution in [-0.4, -0.2) is 37.0 Å². The van der Waals surface area contributed by atoms with E-state index >= 15 is 0 Å². The van der Waals surface area contributed by atoms with E-state index in [-0.39, 0.29) is 0 Å². The van der Waals surface area contributed by atoms with E-state index in [0.29, 0.717) is 18.2 Å². The van der Waals surface area contributed by atoms with Crippen LogP contribution < -0.4 is 5.32 Å². The molecule has 1 aliphatic heterocycles. The molecule has 3 heteroatoms. The average Bonchev–Trinajstić information content (AvgIpc) is 2.04. The smallest absolute Gasteiger partial charge is 0.223 e. The van der Waals surface area contributed by atoms with E-state index in [9.17, 15) is 4.79 Å². The second-order valence-corrected chi connectivity index (χ2v) is 4.09. The number of carbonyl (C=O) groups is 1. The fraction of sp³-hybridized carbons (Fsp3) is 0.900. The van der Waals surface area contributed by atoms with Gasteiger partial charge in [0.1, 0.15) is 0 Å². The van der Waals surface area contributed by atoms with Crippen molar-refractivity contribution in [1.29, 1.82) is 0 Å². The van der Waals surface area contributed by atoms with E-state index < -0.39 is 0 Å². The Morgan fingerprint density at radius 3 is 2.92 bits per heavy atom. The minimum Gasteiger partial charge on any atom is -0.342 e. The summed E-state index contributed by atoms with van der Waals surface area (Å²) in [6.07, 6.45) is 1.74. The van der Waals surface area contributed by atoms with E-state index in [4.69, 9.17) is 0 Å². The molecule has 1 amide bonds. The highest BCUT2D eigenvalue weighted by Crippen LogP contribution is 2.04. The van der Waals surface area contributed by atoms with Crippen LogP contribution in [0.25, 0.3) is 0 Å². The molecule has 0 aromatic carbocycles. The Kier molecular flexibility index (Phi) is 4.22. The number of nitrogens with zero attached hydrogens (tertiary/aromatic N) is 1. The molecular weight excluding hydrogens is 164 g/mol. The van der Waals surface area contributed by atoms with Crippen molar-refractivity contribution in [2.24, 2.45) is 5.92 Å². The van der Waals surface area contributed by atoms with E-state index in [1.165, 1.54) is 0 Å². The minimum atomic E-state index is 0.306. The molecule has 1 rings (SSSR count). The maximum absolute atomic E-state index is 11.6. The predicted octanol–water partition coefficient (Wildman–Crippen LogP) is 0.854. The second-order valence-electron chi connectivity index (χ2n) is 4.09. The zero-order valence-electron chi connectivity index (χ0n) is 8.68.